The van der Waals surface area contributed by atoms with Crippen molar-refractivity contribution < 1.29 is 4.39 Å². The highest BCUT2D eigenvalue weighted by molar-refractivity contribution is 5.47. The molecule has 0 N–H and O–H groups in total. The second-order valence-corrected chi connectivity index (χ2v) is 3.74. The summed E-state index contributed by atoms with van der Waals surface area (Å²) in [6.07, 6.45) is 0. The van der Waals surface area contributed by atoms with Crippen molar-refractivity contribution in [3.8, 4) is 0 Å². The highest BCUT2D eigenvalue weighted by atomic mass is 19.1. The highest BCUT2D eigenvalue weighted by Gasteiger charge is 2.16. The summed E-state index contributed by atoms with van der Waals surface area (Å²) in [4.78, 5) is 4.37. The second kappa shape index (κ2) is 6.48. The van der Waals surface area contributed by atoms with Gasteiger partial charge in [-0.05, 0) is 19.2 Å². The summed E-state index contributed by atoms with van der Waals surface area (Å²) in [6.45, 7) is 7.84. The molecule has 1 fully saturated rings. The van der Waals surface area contributed by atoms with Gasteiger partial charge in [0.2, 0.25) is 0 Å². The quantitative estimate of drug-likeness (QED) is 0.723. The Morgan fingerprint density at radius 2 is 1.56 bits per heavy atom. The average molecular weight is 224 g/mol. The SMILES string of the molecule is CC.CN1CCN(c2ccccc2F)CC1. The van der Waals surface area contributed by atoms with E-state index in [1.807, 2.05) is 26.0 Å². The molecule has 2 rings (SSSR count). The molecule has 2 nitrogen and oxygen atoms in total. The molecule has 0 amide bonds. The summed E-state index contributed by atoms with van der Waals surface area (Å²) in [7, 11) is 2.10. The number of para-hydroxylation sites is 1. The molecule has 1 aliphatic rings. The Balaban J connectivity index is 0.000000606. The van der Waals surface area contributed by atoms with Gasteiger partial charge in [0.1, 0.15) is 5.82 Å². The summed E-state index contributed by atoms with van der Waals surface area (Å²) in [5, 5.41) is 0. The minimum absolute atomic E-state index is 0.114. The summed E-state index contributed by atoms with van der Waals surface area (Å²) in [6, 6.07) is 6.99. The largest absolute Gasteiger partial charge is 0.367 e. The van der Waals surface area contributed by atoms with E-state index in [4.69, 9.17) is 0 Å². The third-order valence-corrected chi connectivity index (χ3v) is 2.70. The molecule has 1 saturated heterocycles. The van der Waals surface area contributed by atoms with Gasteiger partial charge in [0.15, 0.2) is 0 Å². The number of nitrogens with zero attached hydrogens (tertiary/aromatic N) is 2. The monoisotopic (exact) mass is 224 g/mol. The average Bonchev–Trinajstić information content (AvgIpc) is 2.34. The minimum Gasteiger partial charge on any atom is -0.367 e. The Morgan fingerprint density at radius 1 is 1.00 bits per heavy atom. The van der Waals surface area contributed by atoms with Crippen LogP contribution in [0.3, 0.4) is 0 Å². The molecule has 1 aliphatic heterocycles. The van der Waals surface area contributed by atoms with E-state index in [2.05, 4.69) is 16.8 Å². The Kier molecular flexibility index (Phi) is 5.26. The number of hydrogen-bond donors (Lipinski definition) is 0. The van der Waals surface area contributed by atoms with E-state index in [1.54, 1.807) is 6.07 Å². The van der Waals surface area contributed by atoms with E-state index in [0.717, 1.165) is 31.9 Å². The maximum absolute atomic E-state index is 13.4. The lowest BCUT2D eigenvalue weighted by atomic mass is 10.2. The lowest BCUT2D eigenvalue weighted by Crippen LogP contribution is -2.44. The molecule has 90 valence electrons. The Labute approximate surface area is 97.7 Å². The van der Waals surface area contributed by atoms with Crippen LogP contribution in [0.25, 0.3) is 0 Å². The molecule has 0 atom stereocenters. The van der Waals surface area contributed by atoms with E-state index in [9.17, 15) is 4.39 Å². The number of likely N-dealkylation sites (N-methyl/N-ethyl adjacent to an activating group) is 1. The van der Waals surface area contributed by atoms with Crippen LogP contribution in [0.4, 0.5) is 10.1 Å². The van der Waals surface area contributed by atoms with E-state index < -0.39 is 0 Å². The molecule has 0 bridgehead atoms. The van der Waals surface area contributed by atoms with Gasteiger partial charge in [-0.1, -0.05) is 26.0 Å². The maximum atomic E-state index is 13.4. The number of benzene rings is 1. The Bertz CT molecular complexity index is 307. The molecule has 0 radical (unpaired) electrons. The fourth-order valence-electron chi connectivity index (χ4n) is 1.76. The van der Waals surface area contributed by atoms with Gasteiger partial charge in [-0.2, -0.15) is 0 Å². The molecular weight excluding hydrogens is 203 g/mol. The zero-order valence-electron chi connectivity index (χ0n) is 10.4. The highest BCUT2D eigenvalue weighted by Crippen LogP contribution is 2.19. The Morgan fingerprint density at radius 3 is 2.12 bits per heavy atom. The Hall–Kier alpha value is -1.09. The van der Waals surface area contributed by atoms with E-state index in [0.29, 0.717) is 0 Å². The normalized spacial score (nSPS) is 16.6. The van der Waals surface area contributed by atoms with Crippen LogP contribution in [0.2, 0.25) is 0 Å². The molecule has 1 heterocycles. The zero-order valence-corrected chi connectivity index (χ0v) is 10.4. The van der Waals surface area contributed by atoms with Crippen LogP contribution in [-0.2, 0) is 0 Å². The third kappa shape index (κ3) is 3.20. The van der Waals surface area contributed by atoms with Gasteiger partial charge >= 0.3 is 0 Å². The fraction of sp³-hybridized carbons (Fsp3) is 0.538. The van der Waals surface area contributed by atoms with Gasteiger partial charge in [-0.25, -0.2) is 4.39 Å². The molecule has 0 saturated carbocycles. The predicted molar refractivity (Wildman–Crippen MR) is 67.5 cm³/mol. The van der Waals surface area contributed by atoms with Crippen molar-refractivity contribution in [2.24, 2.45) is 0 Å². The number of halogens is 1. The van der Waals surface area contributed by atoms with Crippen LogP contribution in [0, 0.1) is 5.82 Å². The lowest BCUT2D eigenvalue weighted by Gasteiger charge is -2.34. The first-order valence-electron chi connectivity index (χ1n) is 5.95. The summed E-state index contributed by atoms with van der Waals surface area (Å²) in [5.74, 6) is -0.114. The van der Waals surface area contributed by atoms with Gasteiger partial charge in [0.05, 0.1) is 5.69 Å². The minimum atomic E-state index is -0.114. The van der Waals surface area contributed by atoms with Crippen LogP contribution in [0.5, 0.6) is 0 Å². The molecular formula is C13H21FN2. The third-order valence-electron chi connectivity index (χ3n) is 2.70. The fourth-order valence-corrected chi connectivity index (χ4v) is 1.76. The van der Waals surface area contributed by atoms with Crippen molar-refractivity contribution in [2.45, 2.75) is 13.8 Å². The van der Waals surface area contributed by atoms with Crippen molar-refractivity contribution in [1.29, 1.82) is 0 Å². The van der Waals surface area contributed by atoms with Crippen molar-refractivity contribution >= 4 is 5.69 Å². The van der Waals surface area contributed by atoms with E-state index in [1.165, 1.54) is 6.07 Å². The summed E-state index contributed by atoms with van der Waals surface area (Å²) >= 11 is 0. The standard InChI is InChI=1S/C11H15FN2.C2H6/c1-13-6-8-14(9-7-13)11-5-3-2-4-10(11)12;1-2/h2-5H,6-9H2,1H3;1-2H3. The second-order valence-electron chi connectivity index (χ2n) is 3.74. The van der Waals surface area contributed by atoms with E-state index in [-0.39, 0.29) is 5.82 Å². The molecule has 16 heavy (non-hydrogen) atoms. The van der Waals surface area contributed by atoms with Crippen molar-refractivity contribution in [1.82, 2.24) is 4.90 Å². The smallest absolute Gasteiger partial charge is 0.146 e. The van der Waals surface area contributed by atoms with Gasteiger partial charge in [0, 0.05) is 26.2 Å². The van der Waals surface area contributed by atoms with Gasteiger partial charge in [-0.3, -0.25) is 0 Å². The summed E-state index contributed by atoms with van der Waals surface area (Å²) in [5.41, 5.74) is 0.737. The zero-order chi connectivity index (χ0) is 12.0. The predicted octanol–water partition coefficient (Wildman–Crippen LogP) is 2.60. The molecule has 0 aliphatic carbocycles. The van der Waals surface area contributed by atoms with Crippen molar-refractivity contribution in [3.63, 3.8) is 0 Å². The van der Waals surface area contributed by atoms with Crippen molar-refractivity contribution in [2.75, 3.05) is 38.1 Å². The lowest BCUT2D eigenvalue weighted by molar-refractivity contribution is 0.311. The molecule has 0 spiro atoms. The maximum Gasteiger partial charge on any atom is 0.146 e. The molecule has 1 aromatic carbocycles. The van der Waals surface area contributed by atoms with Gasteiger partial charge in [0.25, 0.3) is 0 Å². The number of hydrogen-bond acceptors (Lipinski definition) is 2. The molecule has 0 unspecified atom stereocenters. The first kappa shape index (κ1) is 13.0. The van der Waals surface area contributed by atoms with Gasteiger partial charge < -0.3 is 9.80 Å². The summed E-state index contributed by atoms with van der Waals surface area (Å²) < 4.78 is 13.4. The first-order valence-corrected chi connectivity index (χ1v) is 5.95. The van der Waals surface area contributed by atoms with E-state index >= 15 is 0 Å². The first-order chi connectivity index (χ1) is 7.77. The number of anilines is 1. The van der Waals surface area contributed by atoms with Crippen LogP contribution in [-0.4, -0.2) is 38.1 Å². The molecule has 1 aromatic rings. The number of rotatable bonds is 1. The van der Waals surface area contributed by atoms with Crippen molar-refractivity contribution in [3.05, 3.63) is 30.1 Å². The van der Waals surface area contributed by atoms with Crippen LogP contribution in [0.1, 0.15) is 13.8 Å². The van der Waals surface area contributed by atoms with Crippen LogP contribution < -0.4 is 4.90 Å². The molecule has 3 heteroatoms. The van der Waals surface area contributed by atoms with Crippen LogP contribution >= 0.6 is 0 Å². The van der Waals surface area contributed by atoms with Crippen LogP contribution in [0.15, 0.2) is 24.3 Å². The molecule has 0 aromatic heterocycles. The van der Waals surface area contributed by atoms with Gasteiger partial charge in [-0.15, -0.1) is 0 Å². The number of piperazine rings is 1. The topological polar surface area (TPSA) is 6.48 Å².